The highest BCUT2D eigenvalue weighted by molar-refractivity contribution is 5.94. The van der Waals surface area contributed by atoms with Crippen LogP contribution in [0.1, 0.15) is 16.1 Å². The molecule has 0 fully saturated rings. The van der Waals surface area contributed by atoms with Crippen LogP contribution >= 0.6 is 0 Å². The van der Waals surface area contributed by atoms with Crippen LogP contribution in [0.4, 0.5) is 14.5 Å². The summed E-state index contributed by atoms with van der Waals surface area (Å²) in [6, 6.07) is 1.62. The van der Waals surface area contributed by atoms with Gasteiger partial charge in [-0.3, -0.25) is 4.79 Å². The van der Waals surface area contributed by atoms with Crippen LogP contribution in [-0.2, 0) is 6.54 Å². The number of nitrogens with one attached hydrogen (secondary N) is 1. The minimum atomic E-state index is -0.995. The highest BCUT2D eigenvalue weighted by Gasteiger charge is 2.13. The monoisotopic (exact) mass is 253 g/mol. The van der Waals surface area contributed by atoms with Crippen LogP contribution in [0.25, 0.3) is 0 Å². The number of nitrogens with two attached hydrogens (primary N) is 1. The zero-order valence-corrected chi connectivity index (χ0v) is 9.11. The van der Waals surface area contributed by atoms with Gasteiger partial charge in [0.15, 0.2) is 6.39 Å². The highest BCUT2D eigenvalue weighted by Crippen LogP contribution is 2.20. The first-order valence-electron chi connectivity index (χ1n) is 4.98. The normalized spacial score (nSPS) is 10.3. The number of amides is 1. The van der Waals surface area contributed by atoms with Gasteiger partial charge >= 0.3 is 0 Å². The third kappa shape index (κ3) is 2.45. The molecule has 0 unspecified atom stereocenters. The molecular formula is C11H9F2N3O2. The van der Waals surface area contributed by atoms with Crippen molar-refractivity contribution in [2.45, 2.75) is 6.54 Å². The van der Waals surface area contributed by atoms with Crippen molar-refractivity contribution in [1.29, 1.82) is 0 Å². The molecular weight excluding hydrogens is 244 g/mol. The second-order valence-corrected chi connectivity index (χ2v) is 3.50. The third-order valence-electron chi connectivity index (χ3n) is 2.26. The molecule has 18 heavy (non-hydrogen) atoms. The van der Waals surface area contributed by atoms with E-state index < -0.39 is 17.5 Å². The zero-order valence-electron chi connectivity index (χ0n) is 9.11. The molecule has 0 spiro atoms. The van der Waals surface area contributed by atoms with Gasteiger partial charge in [0.05, 0.1) is 24.0 Å². The summed E-state index contributed by atoms with van der Waals surface area (Å²) in [6.07, 6.45) is 2.68. The van der Waals surface area contributed by atoms with Crippen molar-refractivity contribution in [3.8, 4) is 0 Å². The van der Waals surface area contributed by atoms with Crippen molar-refractivity contribution >= 4 is 11.6 Å². The Balaban J connectivity index is 2.22. The van der Waals surface area contributed by atoms with Gasteiger partial charge in [0.2, 0.25) is 0 Å². The predicted octanol–water partition coefficient (Wildman–Crippen LogP) is 1.66. The lowest BCUT2D eigenvalue weighted by Crippen LogP contribution is -2.14. The molecule has 7 heteroatoms. The van der Waals surface area contributed by atoms with Gasteiger partial charge in [-0.2, -0.15) is 0 Å². The Morgan fingerprint density at radius 2 is 2.17 bits per heavy atom. The van der Waals surface area contributed by atoms with Crippen LogP contribution < -0.4 is 11.1 Å². The maximum absolute atomic E-state index is 13.4. The molecule has 0 aliphatic carbocycles. The van der Waals surface area contributed by atoms with E-state index in [-0.39, 0.29) is 17.8 Å². The van der Waals surface area contributed by atoms with E-state index in [9.17, 15) is 13.6 Å². The van der Waals surface area contributed by atoms with Gasteiger partial charge < -0.3 is 15.5 Å². The smallest absolute Gasteiger partial charge is 0.251 e. The number of aromatic nitrogens is 1. The second kappa shape index (κ2) is 4.82. The van der Waals surface area contributed by atoms with E-state index >= 15 is 0 Å². The van der Waals surface area contributed by atoms with Crippen molar-refractivity contribution in [3.05, 3.63) is 47.7 Å². The molecule has 0 bridgehead atoms. The van der Waals surface area contributed by atoms with E-state index in [2.05, 4.69) is 10.3 Å². The quantitative estimate of drug-likeness (QED) is 0.868. The molecule has 1 heterocycles. The average molecular weight is 253 g/mol. The molecule has 0 aliphatic heterocycles. The van der Waals surface area contributed by atoms with E-state index in [4.69, 9.17) is 10.2 Å². The number of carbonyl (C=O) groups excluding carboxylic acids is 1. The first kappa shape index (κ1) is 12.0. The number of primary amides is 1. The van der Waals surface area contributed by atoms with Crippen molar-refractivity contribution in [3.63, 3.8) is 0 Å². The number of oxazole rings is 1. The fraction of sp³-hybridized carbons (Fsp3) is 0.0909. The van der Waals surface area contributed by atoms with Crippen LogP contribution in [0.2, 0.25) is 0 Å². The Morgan fingerprint density at radius 3 is 2.78 bits per heavy atom. The van der Waals surface area contributed by atoms with Crippen molar-refractivity contribution in [1.82, 2.24) is 4.98 Å². The second-order valence-electron chi connectivity index (χ2n) is 3.50. The summed E-state index contributed by atoms with van der Waals surface area (Å²) in [4.78, 5) is 14.6. The van der Waals surface area contributed by atoms with Crippen LogP contribution in [0.15, 0.2) is 29.1 Å². The van der Waals surface area contributed by atoms with Gasteiger partial charge in [-0.05, 0) is 6.07 Å². The number of halogens is 2. The summed E-state index contributed by atoms with van der Waals surface area (Å²) in [5, 5.41) is 2.65. The molecule has 1 aromatic carbocycles. The zero-order chi connectivity index (χ0) is 13.1. The largest absolute Gasteiger partial charge is 0.447 e. The minimum Gasteiger partial charge on any atom is -0.447 e. The number of hydrogen-bond donors (Lipinski definition) is 2. The number of hydrogen-bond acceptors (Lipinski definition) is 4. The fourth-order valence-corrected chi connectivity index (χ4v) is 1.39. The molecule has 0 saturated heterocycles. The Labute approximate surface area is 101 Å². The molecule has 0 saturated carbocycles. The molecule has 1 amide bonds. The Morgan fingerprint density at radius 1 is 1.39 bits per heavy atom. The molecule has 5 nitrogen and oxygen atoms in total. The van der Waals surface area contributed by atoms with Crippen LogP contribution in [-0.4, -0.2) is 10.9 Å². The Hall–Kier alpha value is -2.44. The number of benzene rings is 1. The Kier molecular flexibility index (Phi) is 3.22. The van der Waals surface area contributed by atoms with Crippen LogP contribution in [0, 0.1) is 11.6 Å². The lowest BCUT2D eigenvalue weighted by molar-refractivity contribution is 0.0996. The highest BCUT2D eigenvalue weighted by atomic mass is 19.1. The number of rotatable bonds is 4. The number of nitrogens with zero attached hydrogens (tertiary/aromatic N) is 1. The standard InChI is InChI=1S/C11H9F2N3O2/c12-8-2-9(13)10(1-7(8)11(14)17)16-4-6-3-15-5-18-6/h1-3,5,16H,4H2,(H2,14,17). The average Bonchev–Trinajstić information content (AvgIpc) is 2.80. The van der Waals surface area contributed by atoms with Gasteiger partial charge in [-0.1, -0.05) is 0 Å². The summed E-state index contributed by atoms with van der Waals surface area (Å²) in [7, 11) is 0. The topological polar surface area (TPSA) is 81.2 Å². The van der Waals surface area contributed by atoms with E-state index in [0.717, 1.165) is 6.07 Å². The van der Waals surface area contributed by atoms with Gasteiger partial charge in [0, 0.05) is 6.07 Å². The van der Waals surface area contributed by atoms with Gasteiger partial charge in [0.1, 0.15) is 17.4 Å². The lowest BCUT2D eigenvalue weighted by Gasteiger charge is -2.08. The molecule has 3 N–H and O–H groups in total. The summed E-state index contributed by atoms with van der Waals surface area (Å²) < 4.78 is 31.6. The summed E-state index contributed by atoms with van der Waals surface area (Å²) in [5.41, 5.74) is 4.55. The Bertz CT molecular complexity index is 570. The number of anilines is 1. The summed E-state index contributed by atoms with van der Waals surface area (Å²) in [5.74, 6) is -2.31. The van der Waals surface area contributed by atoms with E-state index in [0.29, 0.717) is 11.8 Å². The summed E-state index contributed by atoms with van der Waals surface area (Å²) >= 11 is 0. The first-order valence-corrected chi connectivity index (χ1v) is 4.98. The molecule has 2 aromatic rings. The van der Waals surface area contributed by atoms with E-state index in [1.165, 1.54) is 12.6 Å². The van der Waals surface area contributed by atoms with Gasteiger partial charge in [-0.25, -0.2) is 13.8 Å². The van der Waals surface area contributed by atoms with Gasteiger partial charge in [0.25, 0.3) is 5.91 Å². The molecule has 0 atom stereocenters. The molecule has 0 radical (unpaired) electrons. The van der Waals surface area contributed by atoms with Crippen molar-refractivity contribution in [2.24, 2.45) is 5.73 Å². The van der Waals surface area contributed by atoms with Crippen molar-refractivity contribution in [2.75, 3.05) is 5.32 Å². The first-order chi connectivity index (χ1) is 8.58. The van der Waals surface area contributed by atoms with Crippen LogP contribution in [0.3, 0.4) is 0 Å². The third-order valence-corrected chi connectivity index (χ3v) is 2.26. The van der Waals surface area contributed by atoms with E-state index in [1.807, 2.05) is 0 Å². The lowest BCUT2D eigenvalue weighted by atomic mass is 10.1. The number of carbonyl (C=O) groups is 1. The predicted molar refractivity (Wildman–Crippen MR) is 58.7 cm³/mol. The maximum atomic E-state index is 13.4. The van der Waals surface area contributed by atoms with E-state index in [1.54, 1.807) is 0 Å². The molecule has 0 aliphatic rings. The van der Waals surface area contributed by atoms with Crippen LogP contribution in [0.5, 0.6) is 0 Å². The SMILES string of the molecule is NC(=O)c1cc(NCc2cnco2)c(F)cc1F. The van der Waals surface area contributed by atoms with Gasteiger partial charge in [-0.15, -0.1) is 0 Å². The fourth-order valence-electron chi connectivity index (χ4n) is 1.39. The summed E-state index contributed by atoms with van der Waals surface area (Å²) in [6.45, 7) is 0.154. The van der Waals surface area contributed by atoms with Crippen molar-refractivity contribution < 1.29 is 18.0 Å². The minimum absolute atomic E-state index is 0.0402. The molecule has 2 rings (SSSR count). The maximum Gasteiger partial charge on any atom is 0.251 e. The molecule has 1 aromatic heterocycles. The molecule has 94 valence electrons.